The van der Waals surface area contributed by atoms with Gasteiger partial charge in [0.2, 0.25) is 0 Å². The lowest BCUT2D eigenvalue weighted by Gasteiger charge is -2.09. The lowest BCUT2D eigenvalue weighted by Crippen LogP contribution is -1.98. The van der Waals surface area contributed by atoms with Crippen LogP contribution in [0.5, 0.6) is 5.75 Å². The molecule has 1 aromatic rings. The molecular formula is C13H18Cl2O. The van der Waals surface area contributed by atoms with Crippen molar-refractivity contribution in [2.45, 2.75) is 39.0 Å². The minimum absolute atomic E-state index is 0.584. The molecule has 0 saturated carbocycles. The predicted octanol–water partition coefficient (Wildman–Crippen LogP) is 5.34. The Morgan fingerprint density at radius 3 is 2.25 bits per heavy atom. The summed E-state index contributed by atoms with van der Waals surface area (Å²) in [7, 11) is 0. The monoisotopic (exact) mass is 260 g/mol. The summed E-state index contributed by atoms with van der Waals surface area (Å²) < 4.78 is 5.58. The van der Waals surface area contributed by atoms with E-state index in [0.717, 1.165) is 6.42 Å². The van der Waals surface area contributed by atoms with E-state index in [4.69, 9.17) is 27.9 Å². The molecule has 1 aromatic carbocycles. The Morgan fingerprint density at radius 2 is 1.62 bits per heavy atom. The molecule has 0 aromatic heterocycles. The number of hydrogen-bond acceptors (Lipinski definition) is 1. The van der Waals surface area contributed by atoms with Crippen LogP contribution in [0.3, 0.4) is 0 Å². The zero-order chi connectivity index (χ0) is 11.8. The molecule has 0 amide bonds. The molecule has 0 heterocycles. The first-order valence-electron chi connectivity index (χ1n) is 5.82. The second kappa shape index (κ2) is 7.81. The van der Waals surface area contributed by atoms with E-state index in [1.54, 1.807) is 12.1 Å². The molecule has 0 aliphatic heterocycles. The van der Waals surface area contributed by atoms with Gasteiger partial charge in [-0.2, -0.15) is 0 Å². The molecule has 0 unspecified atom stereocenters. The second-order valence-corrected chi connectivity index (χ2v) is 4.63. The van der Waals surface area contributed by atoms with E-state index < -0.39 is 0 Å². The normalized spacial score (nSPS) is 10.4. The molecule has 0 bridgehead atoms. The molecule has 0 fully saturated rings. The van der Waals surface area contributed by atoms with Crippen molar-refractivity contribution in [3.05, 3.63) is 28.2 Å². The maximum atomic E-state index is 5.98. The summed E-state index contributed by atoms with van der Waals surface area (Å²) in [6, 6.07) is 5.40. The van der Waals surface area contributed by atoms with Crippen molar-refractivity contribution >= 4 is 23.2 Å². The molecular weight excluding hydrogens is 243 g/mol. The van der Waals surface area contributed by atoms with Crippen molar-refractivity contribution in [3.8, 4) is 5.75 Å². The van der Waals surface area contributed by atoms with Gasteiger partial charge in [-0.15, -0.1) is 0 Å². The Morgan fingerprint density at radius 1 is 1.00 bits per heavy atom. The first-order valence-corrected chi connectivity index (χ1v) is 6.58. The van der Waals surface area contributed by atoms with E-state index in [9.17, 15) is 0 Å². The van der Waals surface area contributed by atoms with Crippen LogP contribution in [0, 0.1) is 0 Å². The average Bonchev–Trinajstić information content (AvgIpc) is 2.26. The van der Waals surface area contributed by atoms with Crippen LogP contribution in [0.2, 0.25) is 10.0 Å². The van der Waals surface area contributed by atoms with Crippen LogP contribution in [0.15, 0.2) is 18.2 Å². The van der Waals surface area contributed by atoms with Gasteiger partial charge in [0.05, 0.1) is 16.7 Å². The lowest BCUT2D eigenvalue weighted by atomic mass is 10.2. The highest BCUT2D eigenvalue weighted by molar-refractivity contribution is 6.37. The van der Waals surface area contributed by atoms with E-state index >= 15 is 0 Å². The number of unbranched alkanes of at least 4 members (excludes halogenated alkanes) is 4. The summed E-state index contributed by atoms with van der Waals surface area (Å²) in [6.45, 7) is 2.90. The maximum Gasteiger partial charge on any atom is 0.156 e. The van der Waals surface area contributed by atoms with Gasteiger partial charge in [0.15, 0.2) is 5.75 Å². The second-order valence-electron chi connectivity index (χ2n) is 3.81. The van der Waals surface area contributed by atoms with Crippen molar-refractivity contribution < 1.29 is 4.74 Å². The SMILES string of the molecule is CCCCCCCOc1c(Cl)cccc1Cl. The Labute approximate surface area is 108 Å². The van der Waals surface area contributed by atoms with Crippen LogP contribution in [-0.2, 0) is 0 Å². The molecule has 0 saturated heterocycles. The standard InChI is InChI=1S/C13H18Cl2O/c1-2-3-4-5-6-10-16-13-11(14)8-7-9-12(13)15/h7-9H,2-6,10H2,1H3. The maximum absolute atomic E-state index is 5.98. The highest BCUT2D eigenvalue weighted by atomic mass is 35.5. The first kappa shape index (κ1) is 13.7. The Kier molecular flexibility index (Phi) is 6.67. The van der Waals surface area contributed by atoms with Crippen LogP contribution in [0.25, 0.3) is 0 Å². The van der Waals surface area contributed by atoms with E-state index in [1.165, 1.54) is 25.7 Å². The number of para-hydroxylation sites is 1. The molecule has 16 heavy (non-hydrogen) atoms. The molecule has 0 aliphatic carbocycles. The Hall–Kier alpha value is -0.400. The third-order valence-corrected chi connectivity index (χ3v) is 3.01. The van der Waals surface area contributed by atoms with Crippen molar-refractivity contribution in [2.24, 2.45) is 0 Å². The molecule has 90 valence electrons. The van der Waals surface area contributed by atoms with Gasteiger partial charge in [-0.05, 0) is 18.6 Å². The fourth-order valence-electron chi connectivity index (χ4n) is 1.50. The third kappa shape index (κ3) is 4.63. The summed E-state index contributed by atoms with van der Waals surface area (Å²) in [6.07, 6.45) is 6.09. The van der Waals surface area contributed by atoms with Crippen LogP contribution in [-0.4, -0.2) is 6.61 Å². The summed E-state index contributed by atoms with van der Waals surface area (Å²) in [4.78, 5) is 0. The fraction of sp³-hybridized carbons (Fsp3) is 0.538. The molecule has 3 heteroatoms. The fourth-order valence-corrected chi connectivity index (χ4v) is 2.01. The summed E-state index contributed by atoms with van der Waals surface area (Å²) >= 11 is 12.0. The summed E-state index contributed by atoms with van der Waals surface area (Å²) in [5.41, 5.74) is 0. The van der Waals surface area contributed by atoms with E-state index in [1.807, 2.05) is 6.07 Å². The minimum atomic E-state index is 0.584. The largest absolute Gasteiger partial charge is 0.490 e. The van der Waals surface area contributed by atoms with Crippen LogP contribution in [0.4, 0.5) is 0 Å². The predicted molar refractivity (Wildman–Crippen MR) is 70.7 cm³/mol. The van der Waals surface area contributed by atoms with Crippen molar-refractivity contribution in [2.75, 3.05) is 6.61 Å². The highest BCUT2D eigenvalue weighted by Gasteiger charge is 2.05. The summed E-state index contributed by atoms with van der Waals surface area (Å²) in [5, 5.41) is 1.17. The average molecular weight is 261 g/mol. The van der Waals surface area contributed by atoms with Gasteiger partial charge in [0.1, 0.15) is 0 Å². The number of benzene rings is 1. The van der Waals surface area contributed by atoms with Gasteiger partial charge in [-0.3, -0.25) is 0 Å². The molecule has 1 nitrogen and oxygen atoms in total. The molecule has 0 N–H and O–H groups in total. The molecule has 0 aliphatic rings. The molecule has 0 radical (unpaired) electrons. The summed E-state index contributed by atoms with van der Waals surface area (Å²) in [5.74, 6) is 0.612. The zero-order valence-corrected chi connectivity index (χ0v) is 11.2. The Balaban J connectivity index is 2.26. The third-order valence-electron chi connectivity index (χ3n) is 2.41. The van der Waals surface area contributed by atoms with Crippen LogP contribution < -0.4 is 4.74 Å². The van der Waals surface area contributed by atoms with Crippen molar-refractivity contribution in [3.63, 3.8) is 0 Å². The van der Waals surface area contributed by atoms with E-state index in [-0.39, 0.29) is 0 Å². The minimum Gasteiger partial charge on any atom is -0.490 e. The van der Waals surface area contributed by atoms with Gasteiger partial charge >= 0.3 is 0 Å². The molecule has 0 atom stereocenters. The van der Waals surface area contributed by atoms with Gasteiger partial charge < -0.3 is 4.74 Å². The number of hydrogen-bond donors (Lipinski definition) is 0. The van der Waals surface area contributed by atoms with E-state index in [0.29, 0.717) is 22.4 Å². The topological polar surface area (TPSA) is 9.23 Å². The number of halogens is 2. The Bertz CT molecular complexity index is 293. The van der Waals surface area contributed by atoms with Gasteiger partial charge in [-0.1, -0.05) is 61.9 Å². The van der Waals surface area contributed by atoms with Gasteiger partial charge in [-0.25, -0.2) is 0 Å². The van der Waals surface area contributed by atoms with Gasteiger partial charge in [0.25, 0.3) is 0 Å². The highest BCUT2D eigenvalue weighted by Crippen LogP contribution is 2.32. The van der Waals surface area contributed by atoms with Crippen molar-refractivity contribution in [1.82, 2.24) is 0 Å². The molecule has 1 rings (SSSR count). The zero-order valence-electron chi connectivity index (χ0n) is 9.64. The van der Waals surface area contributed by atoms with Gasteiger partial charge in [0, 0.05) is 0 Å². The van der Waals surface area contributed by atoms with Crippen molar-refractivity contribution in [1.29, 1.82) is 0 Å². The van der Waals surface area contributed by atoms with E-state index in [2.05, 4.69) is 6.92 Å². The van der Waals surface area contributed by atoms with Crippen LogP contribution >= 0.6 is 23.2 Å². The number of ether oxygens (including phenoxy) is 1. The first-order chi connectivity index (χ1) is 7.75. The lowest BCUT2D eigenvalue weighted by molar-refractivity contribution is 0.305. The smallest absolute Gasteiger partial charge is 0.156 e. The quantitative estimate of drug-likeness (QED) is 0.602. The molecule has 0 spiro atoms. The number of rotatable bonds is 7. The van der Waals surface area contributed by atoms with Crippen LogP contribution in [0.1, 0.15) is 39.0 Å².